The van der Waals surface area contributed by atoms with Gasteiger partial charge in [0.25, 0.3) is 0 Å². The van der Waals surface area contributed by atoms with E-state index in [0.29, 0.717) is 12.6 Å². The molecule has 1 aliphatic rings. The van der Waals surface area contributed by atoms with Crippen molar-refractivity contribution in [2.24, 2.45) is 5.92 Å². The van der Waals surface area contributed by atoms with Crippen LogP contribution in [0, 0.1) is 5.92 Å². The monoisotopic (exact) mass is 217 g/mol. The Balaban J connectivity index is 2.32. The van der Waals surface area contributed by atoms with Crippen LogP contribution >= 0.6 is 11.8 Å². The third-order valence-corrected chi connectivity index (χ3v) is 3.94. The number of rotatable bonds is 4. The summed E-state index contributed by atoms with van der Waals surface area (Å²) in [6, 6.07) is 0.579. The first-order valence-corrected chi connectivity index (χ1v) is 6.27. The minimum absolute atomic E-state index is 0.257. The average Bonchev–Trinajstić information content (AvgIpc) is 2.19. The summed E-state index contributed by atoms with van der Waals surface area (Å²) in [5.41, 5.74) is 0. The van der Waals surface area contributed by atoms with Crippen LogP contribution < -0.4 is 0 Å². The van der Waals surface area contributed by atoms with Gasteiger partial charge in [0.2, 0.25) is 0 Å². The molecule has 0 amide bonds. The van der Waals surface area contributed by atoms with Crippen LogP contribution in [0.25, 0.3) is 0 Å². The fourth-order valence-corrected chi connectivity index (χ4v) is 2.96. The van der Waals surface area contributed by atoms with Crippen LogP contribution in [-0.4, -0.2) is 47.1 Å². The molecule has 0 saturated carbocycles. The molecule has 0 aromatic rings. The summed E-state index contributed by atoms with van der Waals surface area (Å²) in [5.74, 6) is 1.47. The summed E-state index contributed by atoms with van der Waals surface area (Å²) in [6.07, 6.45) is 2.48. The van der Waals surface area contributed by atoms with Crippen LogP contribution in [0.2, 0.25) is 0 Å². The Morgan fingerprint density at radius 2 is 2.43 bits per heavy atom. The van der Waals surface area contributed by atoms with Crippen molar-refractivity contribution in [2.45, 2.75) is 25.8 Å². The quantitative estimate of drug-likeness (QED) is 0.775. The third-order valence-electron chi connectivity index (χ3n) is 2.74. The van der Waals surface area contributed by atoms with Crippen LogP contribution in [-0.2, 0) is 4.79 Å². The second-order valence-electron chi connectivity index (χ2n) is 4.05. The van der Waals surface area contributed by atoms with Crippen LogP contribution in [0.5, 0.6) is 0 Å². The summed E-state index contributed by atoms with van der Waals surface area (Å²) in [5, 5.41) is 8.80. The molecule has 0 bridgehead atoms. The van der Waals surface area contributed by atoms with Gasteiger partial charge < -0.3 is 10.0 Å². The summed E-state index contributed by atoms with van der Waals surface area (Å²) < 4.78 is 0. The van der Waals surface area contributed by atoms with E-state index in [0.717, 1.165) is 5.75 Å². The Morgan fingerprint density at radius 1 is 1.71 bits per heavy atom. The molecule has 1 rings (SSSR count). The highest BCUT2D eigenvalue weighted by Gasteiger charge is 2.21. The predicted molar refractivity (Wildman–Crippen MR) is 59.8 cm³/mol. The normalized spacial score (nSPS) is 24.9. The molecule has 14 heavy (non-hydrogen) atoms. The van der Waals surface area contributed by atoms with Crippen LogP contribution in [0.3, 0.4) is 0 Å². The molecular formula is C10H19NO2S. The minimum atomic E-state index is -0.694. The predicted octanol–water partition coefficient (Wildman–Crippen LogP) is 1.53. The number of carbonyl (C=O) groups is 1. The van der Waals surface area contributed by atoms with Crippen molar-refractivity contribution in [3.8, 4) is 0 Å². The maximum Gasteiger partial charge on any atom is 0.307 e. The molecule has 1 heterocycles. The van der Waals surface area contributed by atoms with Crippen molar-refractivity contribution in [3.63, 3.8) is 0 Å². The lowest BCUT2D eigenvalue weighted by molar-refractivity contribution is -0.141. The lowest BCUT2D eigenvalue weighted by Gasteiger charge is -2.31. The number of carboxylic acid groups (broad SMARTS) is 1. The number of aliphatic carboxylic acids is 1. The Morgan fingerprint density at radius 3 is 2.93 bits per heavy atom. The van der Waals surface area contributed by atoms with E-state index in [9.17, 15) is 4.79 Å². The van der Waals surface area contributed by atoms with Gasteiger partial charge in [-0.05, 0) is 25.6 Å². The number of carboxylic acids is 1. The molecule has 2 atom stereocenters. The molecule has 82 valence electrons. The fourth-order valence-electron chi connectivity index (χ4n) is 1.73. The first kappa shape index (κ1) is 11.9. The number of nitrogens with zero attached hydrogens (tertiary/aromatic N) is 1. The second-order valence-corrected chi connectivity index (χ2v) is 5.20. The highest BCUT2D eigenvalue weighted by atomic mass is 32.2. The van der Waals surface area contributed by atoms with Gasteiger partial charge >= 0.3 is 5.97 Å². The number of hydrogen-bond donors (Lipinski definition) is 1. The Bertz CT molecular complexity index is 193. The summed E-state index contributed by atoms with van der Waals surface area (Å²) in [7, 11) is 2.04. The molecule has 0 aliphatic carbocycles. The smallest absolute Gasteiger partial charge is 0.307 e. The molecule has 1 N–H and O–H groups in total. The zero-order valence-electron chi connectivity index (χ0n) is 8.90. The van der Waals surface area contributed by atoms with E-state index < -0.39 is 5.97 Å². The zero-order chi connectivity index (χ0) is 10.6. The van der Waals surface area contributed by atoms with Gasteiger partial charge in [0.15, 0.2) is 0 Å². The molecular weight excluding hydrogens is 198 g/mol. The van der Waals surface area contributed by atoms with Gasteiger partial charge in [-0.2, -0.15) is 11.8 Å². The van der Waals surface area contributed by atoms with E-state index in [1.54, 1.807) is 6.92 Å². The molecule has 1 saturated heterocycles. The molecule has 1 aliphatic heterocycles. The van der Waals surface area contributed by atoms with Crippen molar-refractivity contribution in [1.82, 2.24) is 4.90 Å². The highest BCUT2D eigenvalue weighted by molar-refractivity contribution is 7.99. The van der Waals surface area contributed by atoms with Gasteiger partial charge in [0.1, 0.15) is 0 Å². The van der Waals surface area contributed by atoms with Crippen molar-refractivity contribution < 1.29 is 9.90 Å². The minimum Gasteiger partial charge on any atom is -0.481 e. The van der Waals surface area contributed by atoms with Crippen LogP contribution in [0.1, 0.15) is 19.8 Å². The fraction of sp³-hybridized carbons (Fsp3) is 0.900. The molecule has 0 spiro atoms. The maximum atomic E-state index is 10.7. The second kappa shape index (κ2) is 5.61. The Hall–Kier alpha value is -0.220. The van der Waals surface area contributed by atoms with E-state index in [1.807, 2.05) is 18.8 Å². The largest absolute Gasteiger partial charge is 0.481 e. The van der Waals surface area contributed by atoms with Gasteiger partial charge in [-0.25, -0.2) is 0 Å². The maximum absolute atomic E-state index is 10.7. The molecule has 1 fully saturated rings. The van der Waals surface area contributed by atoms with E-state index >= 15 is 0 Å². The van der Waals surface area contributed by atoms with Crippen LogP contribution in [0.15, 0.2) is 0 Å². The van der Waals surface area contributed by atoms with Gasteiger partial charge in [-0.15, -0.1) is 0 Å². The summed E-state index contributed by atoms with van der Waals surface area (Å²) >= 11 is 1.98. The van der Waals surface area contributed by atoms with Gasteiger partial charge in [-0.3, -0.25) is 4.79 Å². The lowest BCUT2D eigenvalue weighted by atomic mass is 10.1. The van der Waals surface area contributed by atoms with E-state index in [4.69, 9.17) is 5.11 Å². The molecule has 3 nitrogen and oxygen atoms in total. The zero-order valence-corrected chi connectivity index (χ0v) is 9.72. The van der Waals surface area contributed by atoms with Crippen molar-refractivity contribution in [3.05, 3.63) is 0 Å². The highest BCUT2D eigenvalue weighted by Crippen LogP contribution is 2.21. The van der Waals surface area contributed by atoms with Gasteiger partial charge in [0, 0.05) is 18.3 Å². The van der Waals surface area contributed by atoms with E-state index in [1.165, 1.54) is 18.6 Å². The van der Waals surface area contributed by atoms with Crippen molar-refractivity contribution in [2.75, 3.05) is 25.1 Å². The third kappa shape index (κ3) is 3.50. The van der Waals surface area contributed by atoms with E-state index in [-0.39, 0.29) is 5.92 Å². The molecule has 4 heteroatoms. The molecule has 0 aromatic carbocycles. The van der Waals surface area contributed by atoms with E-state index in [2.05, 4.69) is 4.90 Å². The van der Waals surface area contributed by atoms with Gasteiger partial charge in [0.05, 0.1) is 5.92 Å². The topological polar surface area (TPSA) is 40.5 Å². The summed E-state index contributed by atoms with van der Waals surface area (Å²) in [4.78, 5) is 12.9. The number of hydrogen-bond acceptors (Lipinski definition) is 3. The van der Waals surface area contributed by atoms with Crippen molar-refractivity contribution in [1.29, 1.82) is 0 Å². The molecule has 0 radical (unpaired) electrons. The SMILES string of the molecule is CC(CN(C)C1CCCSC1)C(=O)O. The lowest BCUT2D eigenvalue weighted by Crippen LogP contribution is -2.39. The molecule has 2 unspecified atom stereocenters. The van der Waals surface area contributed by atoms with Crippen LogP contribution in [0.4, 0.5) is 0 Å². The van der Waals surface area contributed by atoms with Crippen molar-refractivity contribution >= 4 is 17.7 Å². The van der Waals surface area contributed by atoms with Gasteiger partial charge in [-0.1, -0.05) is 6.92 Å². The standard InChI is InChI=1S/C10H19NO2S/c1-8(10(12)13)6-11(2)9-4-3-5-14-7-9/h8-9H,3-7H2,1-2H3,(H,12,13). The average molecular weight is 217 g/mol. The number of thioether (sulfide) groups is 1. The molecule has 0 aromatic heterocycles. The Kier molecular flexibility index (Phi) is 4.75. The first-order valence-electron chi connectivity index (χ1n) is 5.12. The summed E-state index contributed by atoms with van der Waals surface area (Å²) in [6.45, 7) is 2.44. The first-order chi connectivity index (χ1) is 6.61. The Labute approximate surface area is 89.9 Å².